The molecule has 5 nitrogen and oxygen atoms in total. The molecule has 1 aliphatic carbocycles. The molecule has 0 amide bonds. The number of hydrogen-bond acceptors (Lipinski definition) is 5. The van der Waals surface area contributed by atoms with E-state index in [1.807, 2.05) is 44.2 Å². The minimum atomic E-state index is -0.435. The molecular weight excluding hydrogens is 330 g/mol. The number of esters is 1. The van der Waals surface area contributed by atoms with Gasteiger partial charge in [0.1, 0.15) is 12.4 Å². The molecule has 138 valence electrons. The second kappa shape index (κ2) is 9.73. The maximum absolute atomic E-state index is 12.0. The van der Waals surface area contributed by atoms with Crippen molar-refractivity contribution >= 4 is 11.8 Å². The van der Waals surface area contributed by atoms with Crippen molar-refractivity contribution < 1.29 is 19.1 Å². The average Bonchev–Trinajstić information content (AvgIpc) is 2.70. The van der Waals surface area contributed by atoms with E-state index in [0.717, 1.165) is 17.5 Å². The summed E-state index contributed by atoms with van der Waals surface area (Å²) in [7, 11) is 0. The van der Waals surface area contributed by atoms with E-state index < -0.39 is 12.0 Å². The molecule has 0 spiro atoms. The van der Waals surface area contributed by atoms with Gasteiger partial charge in [0.15, 0.2) is 12.4 Å². The number of hydrogen-bond donors (Lipinski definition) is 1. The number of carbonyl (C=O) groups is 2. The maximum Gasteiger partial charge on any atom is 0.344 e. The second-order valence-electron chi connectivity index (χ2n) is 5.76. The summed E-state index contributed by atoms with van der Waals surface area (Å²) in [6.45, 7) is 4.05. The third-order valence-corrected chi connectivity index (χ3v) is 4.00. The summed E-state index contributed by atoms with van der Waals surface area (Å²) in [5.74, 6) is 0.0772. The summed E-state index contributed by atoms with van der Waals surface area (Å²) >= 11 is 0. The first-order chi connectivity index (χ1) is 12.6. The molecule has 0 saturated heterocycles. The van der Waals surface area contributed by atoms with Gasteiger partial charge in [0, 0.05) is 5.56 Å². The van der Waals surface area contributed by atoms with Crippen molar-refractivity contribution in [1.29, 1.82) is 0 Å². The van der Waals surface area contributed by atoms with Crippen molar-refractivity contribution in [2.45, 2.75) is 39.3 Å². The van der Waals surface area contributed by atoms with E-state index in [2.05, 4.69) is 0 Å². The standard InChI is InChI=1S/C19H19NO4.C2H6/c20-17-9-6-14-10-15(7-8-16(14)19(17)22)23-12-18(21)24-11-13-4-2-1-3-5-13;1-2/h1-5,7-8,10,17H,6,9,11-12,20H2;1-2H3. The molecule has 1 aliphatic rings. The summed E-state index contributed by atoms with van der Waals surface area (Å²) in [6.07, 6.45) is 1.37. The van der Waals surface area contributed by atoms with Gasteiger partial charge in [-0.25, -0.2) is 4.79 Å². The number of fused-ring (bicyclic) bond motifs is 1. The summed E-state index contributed by atoms with van der Waals surface area (Å²) in [6, 6.07) is 14.2. The van der Waals surface area contributed by atoms with E-state index in [1.54, 1.807) is 18.2 Å². The largest absolute Gasteiger partial charge is 0.482 e. The monoisotopic (exact) mass is 355 g/mol. The highest BCUT2D eigenvalue weighted by atomic mass is 16.6. The van der Waals surface area contributed by atoms with Crippen molar-refractivity contribution in [3.63, 3.8) is 0 Å². The van der Waals surface area contributed by atoms with Gasteiger partial charge < -0.3 is 15.2 Å². The summed E-state index contributed by atoms with van der Waals surface area (Å²) in [4.78, 5) is 23.7. The van der Waals surface area contributed by atoms with Gasteiger partial charge in [-0.15, -0.1) is 0 Å². The highest BCUT2D eigenvalue weighted by Crippen LogP contribution is 2.25. The summed E-state index contributed by atoms with van der Waals surface area (Å²) < 4.78 is 10.6. The van der Waals surface area contributed by atoms with Crippen molar-refractivity contribution in [3.8, 4) is 5.75 Å². The Morgan fingerprint density at radius 2 is 1.88 bits per heavy atom. The Bertz CT molecular complexity index is 743. The number of ether oxygens (including phenoxy) is 2. The Balaban J connectivity index is 0.00000117. The van der Waals surface area contributed by atoms with Gasteiger partial charge in [0.25, 0.3) is 0 Å². The zero-order valence-electron chi connectivity index (χ0n) is 15.2. The third-order valence-electron chi connectivity index (χ3n) is 4.00. The first-order valence-corrected chi connectivity index (χ1v) is 8.88. The predicted molar refractivity (Wildman–Crippen MR) is 100 cm³/mol. The van der Waals surface area contributed by atoms with E-state index in [-0.39, 0.29) is 19.0 Å². The van der Waals surface area contributed by atoms with Crippen LogP contribution in [0.3, 0.4) is 0 Å². The van der Waals surface area contributed by atoms with Crippen LogP contribution in [-0.4, -0.2) is 24.4 Å². The molecule has 0 radical (unpaired) electrons. The zero-order chi connectivity index (χ0) is 18.9. The smallest absolute Gasteiger partial charge is 0.344 e. The Labute approximate surface area is 154 Å². The van der Waals surface area contributed by atoms with Gasteiger partial charge in [-0.3, -0.25) is 4.79 Å². The molecule has 5 heteroatoms. The molecule has 2 N–H and O–H groups in total. The van der Waals surface area contributed by atoms with E-state index in [4.69, 9.17) is 15.2 Å². The molecule has 0 bridgehead atoms. The van der Waals surface area contributed by atoms with E-state index >= 15 is 0 Å². The molecular formula is C21H25NO4. The van der Waals surface area contributed by atoms with Crippen LogP contribution < -0.4 is 10.5 Å². The fourth-order valence-corrected chi connectivity index (χ4v) is 2.67. The van der Waals surface area contributed by atoms with Crippen LogP contribution in [0, 0.1) is 0 Å². The molecule has 1 atom stereocenters. The number of nitrogens with two attached hydrogens (primary N) is 1. The Kier molecular flexibility index (Phi) is 7.36. The molecule has 3 rings (SSSR count). The third kappa shape index (κ3) is 5.17. The van der Waals surface area contributed by atoms with Gasteiger partial charge in [-0.1, -0.05) is 44.2 Å². The first kappa shape index (κ1) is 19.7. The summed E-state index contributed by atoms with van der Waals surface area (Å²) in [5, 5.41) is 0. The lowest BCUT2D eigenvalue weighted by Crippen LogP contribution is -2.35. The molecule has 0 saturated carbocycles. The predicted octanol–water partition coefficient (Wildman–Crippen LogP) is 3.29. The number of benzene rings is 2. The number of carbonyl (C=O) groups excluding carboxylic acids is 2. The van der Waals surface area contributed by atoms with Crippen LogP contribution in [-0.2, 0) is 22.6 Å². The van der Waals surface area contributed by atoms with Crippen molar-refractivity contribution in [2.75, 3.05) is 6.61 Å². The second-order valence-corrected chi connectivity index (χ2v) is 5.76. The first-order valence-electron chi connectivity index (χ1n) is 8.88. The van der Waals surface area contributed by atoms with Gasteiger partial charge in [0.2, 0.25) is 0 Å². The highest BCUT2D eigenvalue weighted by molar-refractivity contribution is 6.02. The highest BCUT2D eigenvalue weighted by Gasteiger charge is 2.24. The van der Waals surface area contributed by atoms with Crippen LogP contribution in [0.1, 0.15) is 41.8 Å². The van der Waals surface area contributed by atoms with Crippen LogP contribution in [0.25, 0.3) is 0 Å². The van der Waals surface area contributed by atoms with Crippen LogP contribution >= 0.6 is 0 Å². The number of Topliss-reactive ketones (excluding diaryl/α,β-unsaturated/α-hetero) is 1. The Hall–Kier alpha value is -2.66. The van der Waals surface area contributed by atoms with Crippen LogP contribution in [0.2, 0.25) is 0 Å². The Morgan fingerprint density at radius 1 is 1.15 bits per heavy atom. The van der Waals surface area contributed by atoms with Gasteiger partial charge in [0.05, 0.1) is 6.04 Å². The van der Waals surface area contributed by atoms with Gasteiger partial charge in [-0.05, 0) is 42.2 Å². The molecule has 1 unspecified atom stereocenters. The minimum absolute atomic E-state index is 0.0370. The number of ketones is 1. The molecule has 0 aromatic heterocycles. The molecule has 26 heavy (non-hydrogen) atoms. The SMILES string of the molecule is CC.NC1CCc2cc(OCC(=O)OCc3ccccc3)ccc2C1=O. The van der Waals surface area contributed by atoms with Crippen LogP contribution in [0.4, 0.5) is 0 Å². The van der Waals surface area contributed by atoms with E-state index in [9.17, 15) is 9.59 Å². The molecule has 0 fully saturated rings. The lowest BCUT2D eigenvalue weighted by Gasteiger charge is -2.20. The minimum Gasteiger partial charge on any atom is -0.482 e. The number of aryl methyl sites for hydroxylation is 1. The fourth-order valence-electron chi connectivity index (χ4n) is 2.67. The molecule has 2 aromatic carbocycles. The lowest BCUT2D eigenvalue weighted by atomic mass is 9.87. The average molecular weight is 355 g/mol. The Morgan fingerprint density at radius 3 is 2.62 bits per heavy atom. The maximum atomic E-state index is 12.0. The van der Waals surface area contributed by atoms with Crippen LogP contribution in [0.15, 0.2) is 48.5 Å². The molecule has 0 heterocycles. The normalized spacial score (nSPS) is 15.3. The molecule has 2 aromatic rings. The topological polar surface area (TPSA) is 78.6 Å². The van der Waals surface area contributed by atoms with E-state index in [1.165, 1.54) is 0 Å². The zero-order valence-corrected chi connectivity index (χ0v) is 15.2. The van der Waals surface area contributed by atoms with Crippen molar-refractivity contribution in [1.82, 2.24) is 0 Å². The van der Waals surface area contributed by atoms with Crippen LogP contribution in [0.5, 0.6) is 5.75 Å². The lowest BCUT2D eigenvalue weighted by molar-refractivity contribution is -0.147. The fraction of sp³-hybridized carbons (Fsp3) is 0.333. The quantitative estimate of drug-likeness (QED) is 0.833. The van der Waals surface area contributed by atoms with Gasteiger partial charge in [-0.2, -0.15) is 0 Å². The van der Waals surface area contributed by atoms with Crippen molar-refractivity contribution in [2.24, 2.45) is 5.73 Å². The van der Waals surface area contributed by atoms with Gasteiger partial charge >= 0.3 is 5.97 Å². The van der Waals surface area contributed by atoms with Crippen molar-refractivity contribution in [3.05, 3.63) is 65.2 Å². The number of rotatable bonds is 5. The summed E-state index contributed by atoms with van der Waals surface area (Å²) in [5.41, 5.74) is 8.25. The van der Waals surface area contributed by atoms with E-state index in [0.29, 0.717) is 17.7 Å². The molecule has 0 aliphatic heterocycles.